The molecule has 1 aromatic carbocycles. The van der Waals surface area contributed by atoms with E-state index in [4.69, 9.17) is 0 Å². The second-order valence-electron chi connectivity index (χ2n) is 4.84. The predicted octanol–water partition coefficient (Wildman–Crippen LogP) is 2.72. The summed E-state index contributed by atoms with van der Waals surface area (Å²) < 4.78 is 3.21. The number of imidazole rings is 1. The van der Waals surface area contributed by atoms with Crippen molar-refractivity contribution in [1.82, 2.24) is 9.55 Å². The minimum atomic E-state index is -0.468. The van der Waals surface area contributed by atoms with Crippen LogP contribution in [0, 0.1) is 0 Å². The van der Waals surface area contributed by atoms with Crippen LogP contribution in [0.2, 0.25) is 0 Å². The van der Waals surface area contributed by atoms with E-state index in [1.54, 1.807) is 6.92 Å². The molecule has 19 heavy (non-hydrogen) atoms. The van der Waals surface area contributed by atoms with E-state index >= 15 is 0 Å². The van der Waals surface area contributed by atoms with Gasteiger partial charge in [-0.15, -0.1) is 0 Å². The fraction of sp³-hybridized carbons (Fsp3) is 0.357. The molecular formula is C14H16BrN3O. The van der Waals surface area contributed by atoms with Crippen LogP contribution in [-0.4, -0.2) is 21.2 Å². The van der Waals surface area contributed by atoms with E-state index < -0.39 is 6.10 Å². The van der Waals surface area contributed by atoms with Crippen LogP contribution in [0.5, 0.6) is 0 Å². The molecule has 0 amide bonds. The summed E-state index contributed by atoms with van der Waals surface area (Å²) >= 11 is 3.51. The van der Waals surface area contributed by atoms with Crippen LogP contribution in [0.1, 0.15) is 24.4 Å². The lowest BCUT2D eigenvalue weighted by atomic mass is 10.1. The molecule has 1 aliphatic heterocycles. The molecule has 0 bridgehead atoms. The van der Waals surface area contributed by atoms with Crippen molar-refractivity contribution in [3.05, 3.63) is 46.5 Å². The van der Waals surface area contributed by atoms with E-state index in [9.17, 15) is 5.11 Å². The number of hydrogen-bond acceptors (Lipinski definition) is 3. The van der Waals surface area contributed by atoms with E-state index in [0.717, 1.165) is 41.2 Å². The summed E-state index contributed by atoms with van der Waals surface area (Å²) in [7, 11) is 0. The lowest BCUT2D eigenvalue weighted by Crippen LogP contribution is -2.34. The number of halogens is 1. The molecule has 5 heteroatoms. The Balaban J connectivity index is 1.97. The molecule has 0 radical (unpaired) electrons. The number of aliphatic hydroxyl groups excluding tert-OH is 1. The number of hydrogen-bond donors (Lipinski definition) is 1. The van der Waals surface area contributed by atoms with Gasteiger partial charge in [0.15, 0.2) is 0 Å². The Hall–Kier alpha value is -1.33. The van der Waals surface area contributed by atoms with E-state index in [1.165, 1.54) is 0 Å². The summed E-state index contributed by atoms with van der Waals surface area (Å²) in [6.07, 6.45) is 3.39. The van der Waals surface area contributed by atoms with Crippen molar-refractivity contribution in [1.29, 1.82) is 0 Å². The second-order valence-corrected chi connectivity index (χ2v) is 5.75. The van der Waals surface area contributed by atoms with Crippen LogP contribution < -0.4 is 4.90 Å². The van der Waals surface area contributed by atoms with Gasteiger partial charge in [0.25, 0.3) is 0 Å². The van der Waals surface area contributed by atoms with Gasteiger partial charge in [-0.2, -0.15) is 0 Å². The van der Waals surface area contributed by atoms with Gasteiger partial charge in [0.2, 0.25) is 0 Å². The topological polar surface area (TPSA) is 41.3 Å². The number of benzene rings is 1. The van der Waals surface area contributed by atoms with Gasteiger partial charge in [-0.3, -0.25) is 0 Å². The molecule has 2 heterocycles. The van der Waals surface area contributed by atoms with Gasteiger partial charge in [0.1, 0.15) is 5.82 Å². The molecule has 0 fully saturated rings. The molecule has 100 valence electrons. The first kappa shape index (κ1) is 12.7. The van der Waals surface area contributed by atoms with E-state index in [-0.39, 0.29) is 0 Å². The predicted molar refractivity (Wildman–Crippen MR) is 78.1 cm³/mol. The highest BCUT2D eigenvalue weighted by Gasteiger charge is 2.20. The fourth-order valence-electron chi connectivity index (χ4n) is 2.52. The van der Waals surface area contributed by atoms with Crippen LogP contribution in [0.3, 0.4) is 0 Å². The zero-order chi connectivity index (χ0) is 13.4. The lowest BCUT2D eigenvalue weighted by Gasteiger charge is -2.32. The SMILES string of the molecule is CC(O)c1ccc(Br)cc1N1CCn2ccnc2C1. The number of nitrogens with zero attached hydrogens (tertiary/aromatic N) is 3. The Morgan fingerprint density at radius 3 is 3.00 bits per heavy atom. The van der Waals surface area contributed by atoms with Gasteiger partial charge in [0, 0.05) is 41.2 Å². The Kier molecular flexibility index (Phi) is 3.33. The van der Waals surface area contributed by atoms with Gasteiger partial charge in [0.05, 0.1) is 12.6 Å². The normalized spacial score (nSPS) is 16.3. The smallest absolute Gasteiger partial charge is 0.128 e. The maximum absolute atomic E-state index is 9.92. The Labute approximate surface area is 120 Å². The van der Waals surface area contributed by atoms with Gasteiger partial charge in [-0.1, -0.05) is 22.0 Å². The number of fused-ring (bicyclic) bond motifs is 1. The van der Waals surface area contributed by atoms with Crippen molar-refractivity contribution in [2.24, 2.45) is 0 Å². The molecule has 1 aliphatic rings. The highest BCUT2D eigenvalue weighted by molar-refractivity contribution is 9.10. The van der Waals surface area contributed by atoms with Crippen LogP contribution in [0.25, 0.3) is 0 Å². The van der Waals surface area contributed by atoms with Crippen molar-refractivity contribution in [3.63, 3.8) is 0 Å². The molecular weight excluding hydrogens is 306 g/mol. The molecule has 0 saturated heterocycles. The van der Waals surface area contributed by atoms with Crippen molar-refractivity contribution in [2.75, 3.05) is 11.4 Å². The Morgan fingerprint density at radius 2 is 2.21 bits per heavy atom. The van der Waals surface area contributed by atoms with Crippen molar-refractivity contribution in [3.8, 4) is 0 Å². The molecule has 0 spiro atoms. The molecule has 0 aliphatic carbocycles. The number of aliphatic hydroxyl groups is 1. The van der Waals surface area contributed by atoms with E-state index in [1.807, 2.05) is 24.5 Å². The largest absolute Gasteiger partial charge is 0.389 e. The van der Waals surface area contributed by atoms with Crippen LogP contribution in [0.4, 0.5) is 5.69 Å². The fourth-order valence-corrected chi connectivity index (χ4v) is 2.87. The number of rotatable bonds is 2. The third kappa shape index (κ3) is 2.40. The lowest BCUT2D eigenvalue weighted by molar-refractivity contribution is 0.199. The maximum atomic E-state index is 9.92. The number of aromatic nitrogens is 2. The summed E-state index contributed by atoms with van der Waals surface area (Å²) in [5.41, 5.74) is 2.04. The summed E-state index contributed by atoms with van der Waals surface area (Å²) in [5.74, 6) is 1.07. The first-order valence-corrected chi connectivity index (χ1v) is 7.17. The average molecular weight is 322 g/mol. The van der Waals surface area contributed by atoms with Crippen molar-refractivity contribution < 1.29 is 5.11 Å². The minimum Gasteiger partial charge on any atom is -0.389 e. The number of anilines is 1. The van der Waals surface area contributed by atoms with Gasteiger partial charge < -0.3 is 14.6 Å². The van der Waals surface area contributed by atoms with Gasteiger partial charge in [-0.25, -0.2) is 4.98 Å². The van der Waals surface area contributed by atoms with E-state index in [2.05, 4.69) is 36.4 Å². The molecule has 1 aromatic heterocycles. The van der Waals surface area contributed by atoms with Crippen LogP contribution in [0.15, 0.2) is 35.1 Å². The Morgan fingerprint density at radius 1 is 1.37 bits per heavy atom. The second kappa shape index (κ2) is 4.98. The molecule has 4 nitrogen and oxygen atoms in total. The highest BCUT2D eigenvalue weighted by atomic mass is 79.9. The van der Waals surface area contributed by atoms with Gasteiger partial charge in [-0.05, 0) is 19.1 Å². The molecule has 1 atom stereocenters. The monoisotopic (exact) mass is 321 g/mol. The average Bonchev–Trinajstić information content (AvgIpc) is 2.85. The zero-order valence-corrected chi connectivity index (χ0v) is 12.3. The maximum Gasteiger partial charge on any atom is 0.128 e. The molecule has 1 unspecified atom stereocenters. The first-order chi connectivity index (χ1) is 9.15. The van der Waals surface area contributed by atoms with Crippen molar-refractivity contribution in [2.45, 2.75) is 26.1 Å². The quantitative estimate of drug-likeness (QED) is 0.924. The summed E-state index contributed by atoms with van der Waals surface area (Å²) in [6, 6.07) is 6.02. The van der Waals surface area contributed by atoms with Gasteiger partial charge >= 0.3 is 0 Å². The molecule has 3 rings (SSSR count). The Bertz CT molecular complexity index is 594. The summed E-state index contributed by atoms with van der Waals surface area (Å²) in [4.78, 5) is 6.65. The standard InChI is InChI=1S/C14H16BrN3O/c1-10(19)12-3-2-11(15)8-13(12)18-7-6-17-5-4-16-14(17)9-18/h2-5,8,10,19H,6-7,9H2,1H3. The third-order valence-electron chi connectivity index (χ3n) is 3.53. The summed E-state index contributed by atoms with van der Waals surface area (Å²) in [5, 5.41) is 9.92. The molecule has 2 aromatic rings. The third-order valence-corrected chi connectivity index (χ3v) is 4.02. The molecule has 0 saturated carbocycles. The molecule has 1 N–H and O–H groups in total. The van der Waals surface area contributed by atoms with Crippen LogP contribution >= 0.6 is 15.9 Å². The minimum absolute atomic E-state index is 0.468. The van der Waals surface area contributed by atoms with Crippen LogP contribution in [-0.2, 0) is 13.1 Å². The summed E-state index contributed by atoms with van der Waals surface area (Å²) in [6.45, 7) is 4.45. The first-order valence-electron chi connectivity index (χ1n) is 6.37. The zero-order valence-electron chi connectivity index (χ0n) is 10.8. The highest BCUT2D eigenvalue weighted by Crippen LogP contribution is 2.31. The van der Waals surface area contributed by atoms with E-state index in [0.29, 0.717) is 0 Å². The van der Waals surface area contributed by atoms with Crippen molar-refractivity contribution >= 4 is 21.6 Å².